The molecule has 7 heteroatoms. The molecule has 0 unspecified atom stereocenters. The van der Waals surface area contributed by atoms with E-state index in [9.17, 15) is 5.11 Å². The summed E-state index contributed by atoms with van der Waals surface area (Å²) >= 11 is 0. The third-order valence-electron chi connectivity index (χ3n) is 5.05. The number of hydrogen-bond donors (Lipinski definition) is 1. The predicted octanol–water partition coefficient (Wildman–Crippen LogP) is 2.95. The van der Waals surface area contributed by atoms with Crippen molar-refractivity contribution in [3.05, 3.63) is 48.6 Å². The van der Waals surface area contributed by atoms with Gasteiger partial charge < -0.3 is 24.0 Å². The summed E-state index contributed by atoms with van der Waals surface area (Å²) in [5, 5.41) is 14.9. The molecule has 1 aliphatic rings. The molecule has 0 bridgehead atoms. The first-order valence-corrected chi connectivity index (χ1v) is 10.7. The summed E-state index contributed by atoms with van der Waals surface area (Å²) in [5.41, 5.74) is 2.94. The van der Waals surface area contributed by atoms with E-state index in [4.69, 9.17) is 14.0 Å². The number of aliphatic hydroxyl groups is 1. The average Bonchev–Trinajstić information content (AvgIpc) is 3.19. The van der Waals surface area contributed by atoms with Crippen molar-refractivity contribution in [3.63, 3.8) is 0 Å². The van der Waals surface area contributed by atoms with Gasteiger partial charge in [-0.1, -0.05) is 48.5 Å². The van der Waals surface area contributed by atoms with Crippen LogP contribution in [0.1, 0.15) is 18.9 Å². The van der Waals surface area contributed by atoms with Gasteiger partial charge in [-0.2, -0.15) is 0 Å². The van der Waals surface area contributed by atoms with Gasteiger partial charge in [-0.15, -0.1) is 6.58 Å². The lowest BCUT2D eigenvalue weighted by Crippen LogP contribution is -2.38. The van der Waals surface area contributed by atoms with Crippen molar-refractivity contribution in [3.8, 4) is 11.3 Å². The van der Waals surface area contributed by atoms with Gasteiger partial charge in [0.25, 0.3) is 0 Å². The Kier molecular flexibility index (Phi) is 8.89. The summed E-state index contributed by atoms with van der Waals surface area (Å²) in [6.45, 7) is 11.5. The molecule has 0 aliphatic carbocycles. The molecule has 164 valence electrons. The molecule has 0 amide bonds. The second-order valence-corrected chi connectivity index (χ2v) is 7.50. The molecule has 30 heavy (non-hydrogen) atoms. The van der Waals surface area contributed by atoms with Gasteiger partial charge in [0.1, 0.15) is 5.69 Å². The largest absolute Gasteiger partial charge is 0.389 e. The normalized spacial score (nSPS) is 15.5. The fraction of sp³-hybridized carbons (Fsp3) is 0.522. The van der Waals surface area contributed by atoms with Crippen molar-refractivity contribution >= 4 is 5.88 Å². The Morgan fingerprint density at radius 3 is 2.77 bits per heavy atom. The molecule has 7 nitrogen and oxygen atoms in total. The van der Waals surface area contributed by atoms with Crippen molar-refractivity contribution in [2.24, 2.45) is 0 Å². The SMILES string of the molecule is C=CCOC[C@H](O)CN(CCC)Cc1c(-c2ccccc2)noc1N1CCOCC1. The first kappa shape index (κ1) is 22.5. The Balaban J connectivity index is 1.82. The van der Waals surface area contributed by atoms with Crippen LogP contribution in [-0.2, 0) is 16.0 Å². The molecule has 1 aliphatic heterocycles. The van der Waals surface area contributed by atoms with E-state index in [0.717, 1.165) is 48.8 Å². The third-order valence-corrected chi connectivity index (χ3v) is 5.05. The molecule has 3 rings (SSSR count). The van der Waals surface area contributed by atoms with Gasteiger partial charge in [-0.25, -0.2) is 0 Å². The Bertz CT molecular complexity index is 759. The number of anilines is 1. The Labute approximate surface area is 178 Å². The van der Waals surface area contributed by atoms with Crippen molar-refractivity contribution in [1.29, 1.82) is 0 Å². The minimum Gasteiger partial charge on any atom is -0.389 e. The Morgan fingerprint density at radius 1 is 1.30 bits per heavy atom. The zero-order valence-electron chi connectivity index (χ0n) is 17.8. The van der Waals surface area contributed by atoms with Gasteiger partial charge in [-0.3, -0.25) is 4.90 Å². The molecule has 1 atom stereocenters. The predicted molar refractivity (Wildman–Crippen MR) is 118 cm³/mol. The summed E-state index contributed by atoms with van der Waals surface area (Å²) in [6, 6.07) is 10.1. The highest BCUT2D eigenvalue weighted by Crippen LogP contribution is 2.33. The molecule has 1 aromatic carbocycles. The van der Waals surface area contributed by atoms with Gasteiger partial charge >= 0.3 is 0 Å². The molecule has 1 saturated heterocycles. The highest BCUT2D eigenvalue weighted by Gasteiger charge is 2.26. The monoisotopic (exact) mass is 415 g/mol. The maximum atomic E-state index is 10.4. The minimum atomic E-state index is -0.566. The van der Waals surface area contributed by atoms with E-state index in [1.807, 2.05) is 30.3 Å². The van der Waals surface area contributed by atoms with Gasteiger partial charge in [0.05, 0.1) is 38.1 Å². The van der Waals surface area contributed by atoms with Gasteiger partial charge in [-0.05, 0) is 13.0 Å². The number of aliphatic hydroxyl groups excluding tert-OH is 1. The van der Waals surface area contributed by atoms with Crippen LogP contribution in [0.5, 0.6) is 0 Å². The second kappa shape index (κ2) is 11.9. The molecular formula is C23H33N3O4. The van der Waals surface area contributed by atoms with Crippen LogP contribution in [0.3, 0.4) is 0 Å². The van der Waals surface area contributed by atoms with Crippen LogP contribution in [-0.4, -0.2) is 73.9 Å². The lowest BCUT2D eigenvalue weighted by atomic mass is 10.1. The fourth-order valence-electron chi connectivity index (χ4n) is 3.69. The van der Waals surface area contributed by atoms with Crippen LogP contribution in [0, 0.1) is 0 Å². The van der Waals surface area contributed by atoms with E-state index in [2.05, 4.69) is 28.5 Å². The quantitative estimate of drug-likeness (QED) is 0.422. The summed E-state index contributed by atoms with van der Waals surface area (Å²) in [5.74, 6) is 0.802. The summed E-state index contributed by atoms with van der Waals surface area (Å²) in [7, 11) is 0. The van der Waals surface area contributed by atoms with Crippen molar-refractivity contribution in [2.75, 3.05) is 57.5 Å². The number of morpholine rings is 1. The van der Waals surface area contributed by atoms with E-state index >= 15 is 0 Å². The lowest BCUT2D eigenvalue weighted by molar-refractivity contribution is 0.0246. The number of ether oxygens (including phenoxy) is 2. The standard InChI is InChI=1S/C23H33N3O4/c1-3-10-25(16-20(27)18-29-13-4-2)17-21-22(19-8-6-5-7-9-19)24-30-23(21)26-11-14-28-15-12-26/h4-9,20,27H,2-3,10-18H2,1H3/t20-/m1/s1. The molecule has 0 radical (unpaired) electrons. The molecule has 2 heterocycles. The van der Waals surface area contributed by atoms with Crippen LogP contribution in [0.15, 0.2) is 47.5 Å². The number of benzene rings is 1. The van der Waals surface area contributed by atoms with E-state index in [1.165, 1.54) is 0 Å². The Hall–Kier alpha value is -2.19. The first-order chi connectivity index (χ1) is 14.7. The fourth-order valence-corrected chi connectivity index (χ4v) is 3.69. The lowest BCUT2D eigenvalue weighted by Gasteiger charge is -2.29. The van der Waals surface area contributed by atoms with Crippen LogP contribution in [0.2, 0.25) is 0 Å². The number of hydrogen-bond acceptors (Lipinski definition) is 7. The van der Waals surface area contributed by atoms with Gasteiger partial charge in [0, 0.05) is 31.7 Å². The topological polar surface area (TPSA) is 71.2 Å². The molecule has 1 aromatic heterocycles. The highest BCUT2D eigenvalue weighted by atomic mass is 16.5. The van der Waals surface area contributed by atoms with Crippen molar-refractivity contribution in [1.82, 2.24) is 10.1 Å². The second-order valence-electron chi connectivity index (χ2n) is 7.50. The van der Waals surface area contributed by atoms with Crippen LogP contribution in [0.25, 0.3) is 11.3 Å². The van der Waals surface area contributed by atoms with Crippen LogP contribution >= 0.6 is 0 Å². The van der Waals surface area contributed by atoms with Gasteiger partial charge in [0.2, 0.25) is 5.88 Å². The molecular weight excluding hydrogens is 382 g/mol. The smallest absolute Gasteiger partial charge is 0.232 e. The summed E-state index contributed by atoms with van der Waals surface area (Å²) in [6.07, 6.45) is 2.11. The first-order valence-electron chi connectivity index (χ1n) is 10.7. The highest BCUT2D eigenvalue weighted by molar-refractivity contribution is 5.68. The maximum absolute atomic E-state index is 10.4. The van der Waals surface area contributed by atoms with E-state index < -0.39 is 6.10 Å². The van der Waals surface area contributed by atoms with E-state index in [0.29, 0.717) is 32.9 Å². The number of rotatable bonds is 12. The molecule has 1 fully saturated rings. The van der Waals surface area contributed by atoms with Crippen LogP contribution < -0.4 is 4.90 Å². The average molecular weight is 416 g/mol. The van der Waals surface area contributed by atoms with E-state index in [1.54, 1.807) is 6.08 Å². The zero-order valence-corrected chi connectivity index (χ0v) is 17.8. The number of aromatic nitrogens is 1. The molecule has 1 N–H and O–H groups in total. The molecule has 0 spiro atoms. The maximum Gasteiger partial charge on any atom is 0.232 e. The van der Waals surface area contributed by atoms with Crippen molar-refractivity contribution < 1.29 is 19.1 Å². The van der Waals surface area contributed by atoms with Gasteiger partial charge in [0.15, 0.2) is 0 Å². The summed E-state index contributed by atoms with van der Waals surface area (Å²) in [4.78, 5) is 4.44. The summed E-state index contributed by atoms with van der Waals surface area (Å²) < 4.78 is 16.8. The van der Waals surface area contributed by atoms with E-state index in [-0.39, 0.29) is 6.61 Å². The Morgan fingerprint density at radius 2 is 2.07 bits per heavy atom. The third kappa shape index (κ3) is 6.15. The number of nitrogens with zero attached hydrogens (tertiary/aromatic N) is 3. The molecule has 0 saturated carbocycles. The minimum absolute atomic E-state index is 0.289. The zero-order chi connectivity index (χ0) is 21.2. The van der Waals surface area contributed by atoms with Crippen LogP contribution in [0.4, 0.5) is 5.88 Å². The molecule has 2 aromatic rings. The van der Waals surface area contributed by atoms with Crippen molar-refractivity contribution in [2.45, 2.75) is 26.0 Å².